The Labute approximate surface area is 152 Å². The zero-order valence-corrected chi connectivity index (χ0v) is 14.7. The molecule has 4 N–H and O–H groups in total. The van der Waals surface area contributed by atoms with Crippen molar-refractivity contribution in [2.75, 3.05) is 23.7 Å². The van der Waals surface area contributed by atoms with Gasteiger partial charge >= 0.3 is 6.09 Å². The largest absolute Gasteiger partial charge is 0.465 e. The van der Waals surface area contributed by atoms with Gasteiger partial charge in [0.25, 0.3) is 0 Å². The third-order valence-electron chi connectivity index (χ3n) is 3.45. The fraction of sp³-hybridized carbons (Fsp3) is 0.118. The summed E-state index contributed by atoms with van der Waals surface area (Å²) in [5.41, 5.74) is 2.60. The molecule has 128 valence electrons. The van der Waals surface area contributed by atoms with Crippen LogP contribution in [0.1, 0.15) is 0 Å². The quantitative estimate of drug-likeness (QED) is 0.468. The van der Waals surface area contributed by atoms with Crippen molar-refractivity contribution in [3.63, 3.8) is 0 Å². The Balaban J connectivity index is 1.81. The number of hydrogen-bond acceptors (Lipinski definition) is 5. The number of anilines is 3. The summed E-state index contributed by atoms with van der Waals surface area (Å²) in [7, 11) is 0. The maximum absolute atomic E-state index is 10.5. The second kappa shape index (κ2) is 7.80. The molecule has 8 heteroatoms. The third kappa shape index (κ3) is 4.57. The van der Waals surface area contributed by atoms with Crippen LogP contribution in [-0.4, -0.2) is 34.3 Å². The summed E-state index contributed by atoms with van der Waals surface area (Å²) in [6.07, 6.45) is 0.487. The van der Waals surface area contributed by atoms with E-state index in [0.717, 1.165) is 26.8 Å². The highest BCUT2D eigenvalue weighted by Gasteiger charge is 2.06. The summed E-state index contributed by atoms with van der Waals surface area (Å²) in [5.74, 6) is 0.704. The van der Waals surface area contributed by atoms with Crippen LogP contribution in [0.4, 0.5) is 22.0 Å². The number of nitrogens with one attached hydrogen (secondary N) is 3. The Morgan fingerprint density at radius 2 is 1.96 bits per heavy atom. The molecule has 0 saturated carbocycles. The number of nitrogens with zero attached hydrogens (tertiary/aromatic N) is 2. The first-order chi connectivity index (χ1) is 12.1. The first-order valence-corrected chi connectivity index (χ1v) is 8.39. The van der Waals surface area contributed by atoms with Crippen LogP contribution in [-0.2, 0) is 0 Å². The highest BCUT2D eigenvalue weighted by atomic mass is 79.9. The topological polar surface area (TPSA) is 99.2 Å². The van der Waals surface area contributed by atoms with Crippen molar-refractivity contribution < 1.29 is 9.90 Å². The molecule has 0 aliphatic carbocycles. The number of carbonyl (C=O) groups is 1. The van der Waals surface area contributed by atoms with Crippen LogP contribution in [0, 0.1) is 0 Å². The normalized spacial score (nSPS) is 10.4. The summed E-state index contributed by atoms with van der Waals surface area (Å²) < 4.78 is 0.976. The number of hydrogen-bond donors (Lipinski definition) is 4. The van der Waals surface area contributed by atoms with E-state index in [0.29, 0.717) is 18.9 Å². The van der Waals surface area contributed by atoms with Crippen LogP contribution in [0.5, 0.6) is 0 Å². The number of rotatable bonds is 6. The van der Waals surface area contributed by atoms with Gasteiger partial charge in [-0.2, -0.15) is 0 Å². The molecule has 1 aromatic heterocycles. The minimum atomic E-state index is -1.03. The molecule has 7 nitrogen and oxygen atoms in total. The van der Waals surface area contributed by atoms with Crippen LogP contribution < -0.4 is 16.0 Å². The lowest BCUT2D eigenvalue weighted by Crippen LogP contribution is -2.26. The number of aromatic nitrogens is 2. The van der Waals surface area contributed by atoms with Crippen molar-refractivity contribution in [3.8, 4) is 0 Å². The van der Waals surface area contributed by atoms with E-state index in [1.807, 2.05) is 42.5 Å². The van der Waals surface area contributed by atoms with Gasteiger partial charge in [0.15, 0.2) is 0 Å². The van der Waals surface area contributed by atoms with Gasteiger partial charge in [-0.05, 0) is 36.4 Å². The minimum Gasteiger partial charge on any atom is -0.465 e. The standard InChI is InChI=1S/C17H16BrN5O2/c18-11-2-1-3-13(8-11)23-16-14-9-12(19-6-7-20-17(24)25)4-5-15(14)21-10-22-16/h1-5,8-10,19-20H,6-7H2,(H,24,25)(H,21,22,23). The molecule has 1 amide bonds. The zero-order chi connectivity index (χ0) is 17.6. The molecule has 0 saturated heterocycles. The number of carboxylic acid groups (broad SMARTS) is 1. The molecule has 3 aromatic rings. The maximum atomic E-state index is 10.5. The Hall–Kier alpha value is -2.87. The third-order valence-corrected chi connectivity index (χ3v) is 3.95. The number of benzene rings is 2. The van der Waals surface area contributed by atoms with Gasteiger partial charge in [0, 0.05) is 34.3 Å². The second-order valence-corrected chi connectivity index (χ2v) is 6.16. The summed E-state index contributed by atoms with van der Waals surface area (Å²) in [4.78, 5) is 19.1. The van der Waals surface area contributed by atoms with Crippen LogP contribution >= 0.6 is 15.9 Å². The lowest BCUT2D eigenvalue weighted by Gasteiger charge is -2.11. The van der Waals surface area contributed by atoms with Gasteiger partial charge in [-0.15, -0.1) is 0 Å². The molecular formula is C17H16BrN5O2. The Morgan fingerprint density at radius 1 is 1.08 bits per heavy atom. The van der Waals surface area contributed by atoms with E-state index in [1.165, 1.54) is 6.33 Å². The summed E-state index contributed by atoms with van der Waals surface area (Å²) >= 11 is 3.45. The van der Waals surface area contributed by atoms with Gasteiger partial charge in [0.1, 0.15) is 12.1 Å². The maximum Gasteiger partial charge on any atom is 0.404 e. The van der Waals surface area contributed by atoms with Crippen LogP contribution in [0.25, 0.3) is 10.9 Å². The predicted octanol–water partition coefficient (Wildman–Crippen LogP) is 3.82. The van der Waals surface area contributed by atoms with Crippen LogP contribution in [0.3, 0.4) is 0 Å². The molecule has 2 aromatic carbocycles. The van der Waals surface area contributed by atoms with Crippen molar-refractivity contribution in [1.29, 1.82) is 0 Å². The van der Waals surface area contributed by atoms with E-state index in [4.69, 9.17) is 5.11 Å². The molecule has 25 heavy (non-hydrogen) atoms. The van der Waals surface area contributed by atoms with Crippen LogP contribution in [0.2, 0.25) is 0 Å². The number of amides is 1. The lowest BCUT2D eigenvalue weighted by atomic mass is 10.2. The molecular weight excluding hydrogens is 386 g/mol. The molecule has 0 bridgehead atoms. The molecule has 3 rings (SSSR count). The van der Waals surface area contributed by atoms with E-state index in [1.54, 1.807) is 0 Å². The fourth-order valence-electron chi connectivity index (χ4n) is 2.35. The monoisotopic (exact) mass is 401 g/mol. The Bertz CT molecular complexity index is 903. The molecule has 0 fully saturated rings. The molecule has 0 atom stereocenters. The minimum absolute atomic E-state index is 0.321. The molecule has 0 unspecified atom stereocenters. The van der Waals surface area contributed by atoms with Gasteiger partial charge in [-0.1, -0.05) is 22.0 Å². The zero-order valence-electron chi connectivity index (χ0n) is 13.2. The van der Waals surface area contributed by atoms with Gasteiger partial charge in [-0.3, -0.25) is 0 Å². The van der Waals surface area contributed by atoms with Crippen molar-refractivity contribution in [2.45, 2.75) is 0 Å². The molecule has 0 radical (unpaired) electrons. The van der Waals surface area contributed by atoms with Gasteiger partial charge in [0.2, 0.25) is 0 Å². The van der Waals surface area contributed by atoms with Gasteiger partial charge < -0.3 is 21.1 Å². The van der Waals surface area contributed by atoms with E-state index < -0.39 is 6.09 Å². The number of halogens is 1. The first-order valence-electron chi connectivity index (χ1n) is 7.60. The fourth-order valence-corrected chi connectivity index (χ4v) is 2.74. The van der Waals surface area contributed by atoms with Crippen LogP contribution in [0.15, 0.2) is 53.3 Å². The van der Waals surface area contributed by atoms with Crippen molar-refractivity contribution in [3.05, 3.63) is 53.3 Å². The van der Waals surface area contributed by atoms with E-state index in [2.05, 4.69) is 41.8 Å². The summed E-state index contributed by atoms with van der Waals surface area (Å²) in [6.45, 7) is 0.807. The molecule has 1 heterocycles. The summed E-state index contributed by atoms with van der Waals surface area (Å²) in [5, 5.41) is 18.2. The molecule has 0 aliphatic heterocycles. The highest BCUT2D eigenvalue weighted by molar-refractivity contribution is 9.10. The van der Waals surface area contributed by atoms with Crippen molar-refractivity contribution in [2.24, 2.45) is 0 Å². The Kier molecular flexibility index (Phi) is 5.30. The van der Waals surface area contributed by atoms with E-state index in [9.17, 15) is 4.79 Å². The lowest BCUT2D eigenvalue weighted by molar-refractivity contribution is 0.195. The van der Waals surface area contributed by atoms with Gasteiger partial charge in [0.05, 0.1) is 5.52 Å². The average Bonchev–Trinajstić information content (AvgIpc) is 2.59. The van der Waals surface area contributed by atoms with Crippen molar-refractivity contribution >= 4 is 50.1 Å². The first kappa shape index (κ1) is 17.0. The van der Waals surface area contributed by atoms with Crippen molar-refractivity contribution in [1.82, 2.24) is 15.3 Å². The summed E-state index contributed by atoms with van der Waals surface area (Å²) in [6, 6.07) is 13.6. The average molecular weight is 402 g/mol. The predicted molar refractivity (Wildman–Crippen MR) is 101 cm³/mol. The smallest absolute Gasteiger partial charge is 0.404 e. The highest BCUT2D eigenvalue weighted by Crippen LogP contribution is 2.26. The van der Waals surface area contributed by atoms with E-state index in [-0.39, 0.29) is 0 Å². The number of fused-ring (bicyclic) bond motifs is 1. The van der Waals surface area contributed by atoms with Gasteiger partial charge in [-0.25, -0.2) is 14.8 Å². The Morgan fingerprint density at radius 3 is 2.76 bits per heavy atom. The SMILES string of the molecule is O=C(O)NCCNc1ccc2ncnc(Nc3cccc(Br)c3)c2c1. The molecule has 0 aliphatic rings. The van der Waals surface area contributed by atoms with E-state index >= 15 is 0 Å². The second-order valence-electron chi connectivity index (χ2n) is 5.25. The molecule has 0 spiro atoms.